The van der Waals surface area contributed by atoms with Gasteiger partial charge in [0, 0.05) is 22.3 Å². The minimum atomic E-state index is 0.494. The molecule has 0 atom stereocenters. The van der Waals surface area contributed by atoms with Crippen LogP contribution in [0.1, 0.15) is 16.7 Å². The lowest BCUT2D eigenvalue weighted by atomic mass is 10.1. The maximum Gasteiger partial charge on any atom is 0.229 e. The van der Waals surface area contributed by atoms with Crippen LogP contribution in [-0.2, 0) is 0 Å². The van der Waals surface area contributed by atoms with E-state index in [-0.39, 0.29) is 0 Å². The SMILES string of the molecule is C#Cc1cccc(Nc2nc(Nc3ccc(Oc4ccccc4)cc3)nc3cc(C)c(C)cc23)c1. The number of hydrogen-bond donors (Lipinski definition) is 2. The average molecular weight is 457 g/mol. The van der Waals surface area contributed by atoms with Crippen LogP contribution in [0.25, 0.3) is 10.9 Å². The Morgan fingerprint density at radius 1 is 0.714 bits per heavy atom. The molecule has 0 aliphatic carbocycles. The molecule has 5 heteroatoms. The lowest BCUT2D eigenvalue weighted by Crippen LogP contribution is -2.03. The molecule has 5 nitrogen and oxygen atoms in total. The fraction of sp³-hybridized carbons (Fsp3) is 0.0667. The molecule has 0 saturated heterocycles. The fourth-order valence-electron chi connectivity index (χ4n) is 3.72. The van der Waals surface area contributed by atoms with Crippen molar-refractivity contribution < 1.29 is 4.74 Å². The third-order valence-corrected chi connectivity index (χ3v) is 5.69. The number of nitrogens with one attached hydrogen (secondary N) is 2. The number of nitrogens with zero attached hydrogens (tertiary/aromatic N) is 2. The van der Waals surface area contributed by atoms with Gasteiger partial charge in [-0.05, 0) is 91.7 Å². The normalized spacial score (nSPS) is 10.5. The van der Waals surface area contributed by atoms with Crippen molar-refractivity contribution in [1.29, 1.82) is 0 Å². The van der Waals surface area contributed by atoms with E-state index >= 15 is 0 Å². The van der Waals surface area contributed by atoms with Crippen molar-refractivity contribution in [1.82, 2.24) is 9.97 Å². The molecule has 4 aromatic carbocycles. The Morgan fingerprint density at radius 2 is 1.46 bits per heavy atom. The topological polar surface area (TPSA) is 59.1 Å². The molecular formula is C30H24N4O. The number of para-hydroxylation sites is 1. The molecule has 0 spiro atoms. The molecule has 0 aliphatic rings. The Labute approximate surface area is 204 Å². The van der Waals surface area contributed by atoms with E-state index in [0.29, 0.717) is 11.8 Å². The number of hydrogen-bond acceptors (Lipinski definition) is 5. The minimum absolute atomic E-state index is 0.494. The highest BCUT2D eigenvalue weighted by Crippen LogP contribution is 2.30. The van der Waals surface area contributed by atoms with Crippen molar-refractivity contribution in [3.8, 4) is 23.8 Å². The van der Waals surface area contributed by atoms with E-state index in [2.05, 4.69) is 42.5 Å². The van der Waals surface area contributed by atoms with Crippen molar-refractivity contribution in [3.05, 3.63) is 108 Å². The molecule has 0 fully saturated rings. The molecule has 2 N–H and O–H groups in total. The van der Waals surface area contributed by atoms with Gasteiger partial charge in [0.25, 0.3) is 0 Å². The first-order valence-electron chi connectivity index (χ1n) is 11.3. The second-order valence-electron chi connectivity index (χ2n) is 8.26. The molecule has 0 unspecified atom stereocenters. The number of terminal acetylenes is 1. The number of ether oxygens (including phenoxy) is 1. The van der Waals surface area contributed by atoms with E-state index in [0.717, 1.165) is 39.3 Å². The van der Waals surface area contributed by atoms with Crippen LogP contribution in [0.15, 0.2) is 91.0 Å². The van der Waals surface area contributed by atoms with Crippen molar-refractivity contribution in [2.75, 3.05) is 10.6 Å². The van der Waals surface area contributed by atoms with Gasteiger partial charge in [-0.25, -0.2) is 4.98 Å². The van der Waals surface area contributed by atoms with Crippen molar-refractivity contribution in [2.24, 2.45) is 0 Å². The van der Waals surface area contributed by atoms with Gasteiger partial charge >= 0.3 is 0 Å². The fourth-order valence-corrected chi connectivity index (χ4v) is 3.72. The van der Waals surface area contributed by atoms with Crippen molar-refractivity contribution in [3.63, 3.8) is 0 Å². The highest BCUT2D eigenvalue weighted by atomic mass is 16.5. The zero-order valence-electron chi connectivity index (χ0n) is 19.5. The van der Waals surface area contributed by atoms with Crippen LogP contribution in [0.2, 0.25) is 0 Å². The predicted molar refractivity (Wildman–Crippen MR) is 143 cm³/mol. The average Bonchev–Trinajstić information content (AvgIpc) is 2.87. The first-order chi connectivity index (χ1) is 17.1. The van der Waals surface area contributed by atoms with Crippen LogP contribution < -0.4 is 15.4 Å². The van der Waals surface area contributed by atoms with Crippen molar-refractivity contribution in [2.45, 2.75) is 13.8 Å². The molecule has 170 valence electrons. The molecule has 5 aromatic rings. The first kappa shape index (κ1) is 22.0. The molecule has 0 radical (unpaired) electrons. The van der Waals surface area contributed by atoms with Crippen LogP contribution in [0.4, 0.5) is 23.1 Å². The summed E-state index contributed by atoms with van der Waals surface area (Å²) in [7, 11) is 0. The summed E-state index contributed by atoms with van der Waals surface area (Å²) in [5.41, 5.74) is 5.73. The highest BCUT2D eigenvalue weighted by Gasteiger charge is 2.11. The predicted octanol–water partition coefficient (Wildman–Crippen LogP) is 7.51. The van der Waals surface area contributed by atoms with E-state index in [9.17, 15) is 0 Å². The first-order valence-corrected chi connectivity index (χ1v) is 11.3. The van der Waals surface area contributed by atoms with Crippen molar-refractivity contribution >= 4 is 34.0 Å². The Morgan fingerprint density at radius 3 is 2.23 bits per heavy atom. The summed E-state index contributed by atoms with van der Waals surface area (Å²) in [6, 6.07) is 29.3. The Bertz CT molecular complexity index is 1540. The van der Waals surface area contributed by atoms with E-state index in [1.165, 1.54) is 11.1 Å². The van der Waals surface area contributed by atoms with E-state index in [4.69, 9.17) is 21.1 Å². The van der Waals surface area contributed by atoms with Crippen LogP contribution in [0.5, 0.6) is 11.5 Å². The summed E-state index contributed by atoms with van der Waals surface area (Å²) >= 11 is 0. The van der Waals surface area contributed by atoms with Gasteiger partial charge in [-0.3, -0.25) is 0 Å². The zero-order valence-corrected chi connectivity index (χ0v) is 19.5. The number of benzene rings is 4. The third kappa shape index (κ3) is 5.07. The Balaban J connectivity index is 1.46. The van der Waals surface area contributed by atoms with Gasteiger partial charge in [-0.1, -0.05) is 30.2 Å². The second-order valence-corrected chi connectivity index (χ2v) is 8.26. The quantitative estimate of drug-likeness (QED) is 0.259. The summed E-state index contributed by atoms with van der Waals surface area (Å²) in [4.78, 5) is 9.56. The largest absolute Gasteiger partial charge is 0.457 e. The van der Waals surface area contributed by atoms with Crippen LogP contribution in [0, 0.1) is 26.2 Å². The number of anilines is 4. The number of aromatic nitrogens is 2. The monoisotopic (exact) mass is 456 g/mol. The van der Waals surface area contributed by atoms with Gasteiger partial charge in [0.2, 0.25) is 5.95 Å². The summed E-state index contributed by atoms with van der Waals surface area (Å²) < 4.78 is 5.89. The van der Waals surface area contributed by atoms with Gasteiger partial charge in [0.15, 0.2) is 0 Å². The maximum absolute atomic E-state index is 5.89. The lowest BCUT2D eigenvalue weighted by molar-refractivity contribution is 0.483. The molecule has 0 bridgehead atoms. The summed E-state index contributed by atoms with van der Waals surface area (Å²) in [6.45, 7) is 4.17. The molecule has 5 rings (SSSR count). The van der Waals surface area contributed by atoms with E-state index < -0.39 is 0 Å². The molecule has 35 heavy (non-hydrogen) atoms. The van der Waals surface area contributed by atoms with Crippen LogP contribution in [0.3, 0.4) is 0 Å². The number of aryl methyl sites for hydroxylation is 2. The van der Waals surface area contributed by atoms with Crippen LogP contribution in [-0.4, -0.2) is 9.97 Å². The standard InChI is InChI=1S/C30H24N4O/c1-4-22-9-8-10-24(19-22)31-29-27-17-20(2)21(3)18-28(27)33-30(34-29)32-23-13-15-26(16-14-23)35-25-11-6-5-7-12-25/h1,5-19H,2-3H3,(H2,31,32,33,34). The minimum Gasteiger partial charge on any atom is -0.457 e. The second kappa shape index (κ2) is 9.58. The van der Waals surface area contributed by atoms with Gasteiger partial charge in [-0.15, -0.1) is 6.42 Å². The molecular weight excluding hydrogens is 432 g/mol. The zero-order chi connectivity index (χ0) is 24.2. The Hall–Kier alpha value is -4.82. The maximum atomic E-state index is 5.89. The van der Waals surface area contributed by atoms with E-state index in [1.807, 2.05) is 78.9 Å². The lowest BCUT2D eigenvalue weighted by Gasteiger charge is -2.14. The summed E-state index contributed by atoms with van der Waals surface area (Å²) in [5.74, 6) is 5.42. The highest BCUT2D eigenvalue weighted by molar-refractivity contribution is 5.93. The van der Waals surface area contributed by atoms with Crippen LogP contribution >= 0.6 is 0 Å². The molecule has 1 aromatic heterocycles. The third-order valence-electron chi connectivity index (χ3n) is 5.69. The molecule has 0 aliphatic heterocycles. The number of rotatable bonds is 6. The summed E-state index contributed by atoms with van der Waals surface area (Å²) in [5, 5.41) is 7.69. The van der Waals surface area contributed by atoms with Gasteiger partial charge in [0.1, 0.15) is 17.3 Å². The molecule has 0 saturated carbocycles. The van der Waals surface area contributed by atoms with Gasteiger partial charge in [-0.2, -0.15) is 4.98 Å². The summed E-state index contributed by atoms with van der Waals surface area (Å²) in [6.07, 6.45) is 5.58. The molecule has 0 amide bonds. The number of fused-ring (bicyclic) bond motifs is 1. The van der Waals surface area contributed by atoms with Gasteiger partial charge < -0.3 is 15.4 Å². The van der Waals surface area contributed by atoms with Gasteiger partial charge in [0.05, 0.1) is 5.52 Å². The Kier molecular flexibility index (Phi) is 6.02. The van der Waals surface area contributed by atoms with E-state index in [1.54, 1.807) is 0 Å². The molecule has 1 heterocycles. The smallest absolute Gasteiger partial charge is 0.229 e.